The first-order valence-electron chi connectivity index (χ1n) is 5.40. The maximum Gasteiger partial charge on any atom is 0.258 e. The van der Waals surface area contributed by atoms with Crippen molar-refractivity contribution in [3.8, 4) is 11.5 Å². The van der Waals surface area contributed by atoms with Gasteiger partial charge in [0.15, 0.2) is 0 Å². The van der Waals surface area contributed by atoms with Crippen LogP contribution in [0.3, 0.4) is 0 Å². The van der Waals surface area contributed by atoms with E-state index >= 15 is 0 Å². The van der Waals surface area contributed by atoms with Gasteiger partial charge >= 0.3 is 0 Å². The molecule has 5 heteroatoms. The summed E-state index contributed by atoms with van der Waals surface area (Å²) in [7, 11) is 0. The smallest absolute Gasteiger partial charge is 0.258 e. The fourth-order valence-electron chi connectivity index (χ4n) is 1.40. The van der Waals surface area contributed by atoms with Gasteiger partial charge in [-0.05, 0) is 31.0 Å². The van der Waals surface area contributed by atoms with Gasteiger partial charge in [-0.15, -0.1) is 0 Å². The molecule has 1 aromatic carbocycles. The molecule has 1 N–H and O–H groups in total. The third-order valence-corrected chi connectivity index (χ3v) is 2.55. The monoisotopic (exact) mass is 236 g/mol. The molecule has 1 atom stereocenters. The molecule has 0 spiro atoms. The molecular formula is C12H13FN2O2. The van der Waals surface area contributed by atoms with E-state index in [0.29, 0.717) is 17.5 Å². The highest BCUT2D eigenvalue weighted by Gasteiger charge is 2.15. The minimum atomic E-state index is -0.747. The zero-order valence-electron chi connectivity index (χ0n) is 9.64. The Bertz CT molecular complexity index is 525. The highest BCUT2D eigenvalue weighted by Crippen LogP contribution is 2.22. The van der Waals surface area contributed by atoms with Gasteiger partial charge in [0.05, 0.1) is 0 Å². The molecule has 90 valence electrons. The molecule has 1 unspecified atom stereocenters. The molecule has 17 heavy (non-hydrogen) atoms. The summed E-state index contributed by atoms with van der Waals surface area (Å²) in [6.07, 6.45) is -0.246. The van der Waals surface area contributed by atoms with E-state index in [4.69, 9.17) is 4.52 Å². The van der Waals surface area contributed by atoms with Crippen LogP contribution in [-0.2, 0) is 0 Å². The largest absolute Gasteiger partial charge is 0.385 e. The molecule has 0 saturated carbocycles. The SMILES string of the molecule is CCC(O)c1noc(-c2ccc(C)c(F)c2)n1. The van der Waals surface area contributed by atoms with Gasteiger partial charge in [-0.2, -0.15) is 4.98 Å². The standard InChI is InChI=1S/C12H13FN2O2/c1-3-10(16)11-14-12(17-15-11)8-5-4-7(2)9(13)6-8/h4-6,10,16H,3H2,1-2H3. The van der Waals surface area contributed by atoms with Crippen LogP contribution in [0.2, 0.25) is 0 Å². The Balaban J connectivity index is 2.33. The minimum absolute atomic E-state index is 0.214. The minimum Gasteiger partial charge on any atom is -0.385 e. The number of aryl methyl sites for hydroxylation is 1. The van der Waals surface area contributed by atoms with E-state index in [2.05, 4.69) is 10.1 Å². The third-order valence-electron chi connectivity index (χ3n) is 2.55. The van der Waals surface area contributed by atoms with Crippen LogP contribution in [0.1, 0.15) is 30.8 Å². The number of aliphatic hydroxyl groups is 1. The Morgan fingerprint density at radius 3 is 2.88 bits per heavy atom. The summed E-state index contributed by atoms with van der Waals surface area (Å²) >= 11 is 0. The van der Waals surface area contributed by atoms with E-state index < -0.39 is 6.10 Å². The average Bonchev–Trinajstić information content (AvgIpc) is 2.81. The van der Waals surface area contributed by atoms with Gasteiger partial charge in [0, 0.05) is 5.56 Å². The van der Waals surface area contributed by atoms with Crippen LogP contribution in [-0.4, -0.2) is 15.2 Å². The Morgan fingerprint density at radius 2 is 2.24 bits per heavy atom. The van der Waals surface area contributed by atoms with Crippen LogP contribution in [0.4, 0.5) is 4.39 Å². The van der Waals surface area contributed by atoms with Gasteiger partial charge in [-0.1, -0.05) is 18.1 Å². The normalized spacial score (nSPS) is 12.7. The highest BCUT2D eigenvalue weighted by molar-refractivity contribution is 5.53. The number of aliphatic hydroxyl groups excluding tert-OH is 1. The number of benzene rings is 1. The fraction of sp³-hybridized carbons (Fsp3) is 0.333. The first-order chi connectivity index (χ1) is 8.11. The van der Waals surface area contributed by atoms with Crippen molar-refractivity contribution in [2.24, 2.45) is 0 Å². The van der Waals surface area contributed by atoms with Crippen molar-refractivity contribution in [2.75, 3.05) is 0 Å². The van der Waals surface area contributed by atoms with E-state index in [-0.39, 0.29) is 17.5 Å². The Labute approximate surface area is 98.1 Å². The summed E-state index contributed by atoms with van der Waals surface area (Å²) < 4.78 is 18.3. The van der Waals surface area contributed by atoms with Crippen LogP contribution < -0.4 is 0 Å². The van der Waals surface area contributed by atoms with Crippen LogP contribution in [0.15, 0.2) is 22.7 Å². The van der Waals surface area contributed by atoms with Gasteiger partial charge in [-0.25, -0.2) is 4.39 Å². The molecule has 0 aliphatic carbocycles. The van der Waals surface area contributed by atoms with E-state index in [9.17, 15) is 9.50 Å². The number of hydrogen-bond donors (Lipinski definition) is 1. The summed E-state index contributed by atoms with van der Waals surface area (Å²) in [4.78, 5) is 4.03. The summed E-state index contributed by atoms with van der Waals surface area (Å²) in [6, 6.07) is 4.68. The number of nitrogens with zero attached hydrogens (tertiary/aromatic N) is 2. The molecule has 0 fully saturated rings. The second-order valence-corrected chi connectivity index (χ2v) is 3.85. The lowest BCUT2D eigenvalue weighted by molar-refractivity contribution is 0.159. The Morgan fingerprint density at radius 1 is 1.47 bits per heavy atom. The second kappa shape index (κ2) is 4.63. The topological polar surface area (TPSA) is 59.2 Å². The lowest BCUT2D eigenvalue weighted by Gasteiger charge is -1.99. The van der Waals surface area contributed by atoms with Crippen molar-refractivity contribution in [2.45, 2.75) is 26.4 Å². The molecule has 0 aliphatic rings. The second-order valence-electron chi connectivity index (χ2n) is 3.85. The van der Waals surface area contributed by atoms with Crippen molar-refractivity contribution >= 4 is 0 Å². The molecule has 0 amide bonds. The first kappa shape index (κ1) is 11.7. The number of aromatic nitrogens is 2. The van der Waals surface area contributed by atoms with E-state index in [1.165, 1.54) is 6.07 Å². The molecule has 0 saturated heterocycles. The van der Waals surface area contributed by atoms with Gasteiger partial charge < -0.3 is 9.63 Å². The van der Waals surface area contributed by atoms with E-state index in [1.54, 1.807) is 19.1 Å². The maximum absolute atomic E-state index is 13.4. The van der Waals surface area contributed by atoms with Crippen LogP contribution in [0, 0.1) is 12.7 Å². The summed E-state index contributed by atoms with van der Waals surface area (Å²) in [5, 5.41) is 13.2. The van der Waals surface area contributed by atoms with Crippen LogP contribution in [0.5, 0.6) is 0 Å². The summed E-state index contributed by atoms with van der Waals surface area (Å²) in [5.74, 6) is 0.119. The third kappa shape index (κ3) is 2.34. The van der Waals surface area contributed by atoms with Crippen molar-refractivity contribution in [3.05, 3.63) is 35.4 Å². The molecule has 1 aromatic heterocycles. The lowest BCUT2D eigenvalue weighted by Crippen LogP contribution is -1.97. The number of rotatable bonds is 3. The molecule has 2 aromatic rings. The predicted molar refractivity (Wildman–Crippen MR) is 59.7 cm³/mol. The highest BCUT2D eigenvalue weighted by atomic mass is 19.1. The lowest BCUT2D eigenvalue weighted by atomic mass is 10.1. The molecule has 2 rings (SSSR count). The molecule has 4 nitrogen and oxygen atoms in total. The number of hydrogen-bond acceptors (Lipinski definition) is 4. The zero-order valence-corrected chi connectivity index (χ0v) is 9.64. The average molecular weight is 236 g/mol. The first-order valence-corrected chi connectivity index (χ1v) is 5.40. The Hall–Kier alpha value is -1.75. The predicted octanol–water partition coefficient (Wildman–Crippen LogP) is 2.63. The fourth-order valence-corrected chi connectivity index (χ4v) is 1.40. The van der Waals surface area contributed by atoms with E-state index in [1.807, 2.05) is 6.92 Å². The molecule has 1 heterocycles. The molecular weight excluding hydrogens is 223 g/mol. The van der Waals surface area contributed by atoms with E-state index in [0.717, 1.165) is 0 Å². The summed E-state index contributed by atoms with van der Waals surface area (Å²) in [6.45, 7) is 3.49. The van der Waals surface area contributed by atoms with Gasteiger partial charge in [0.1, 0.15) is 11.9 Å². The molecule has 0 aliphatic heterocycles. The van der Waals surface area contributed by atoms with Crippen molar-refractivity contribution < 1.29 is 14.0 Å². The van der Waals surface area contributed by atoms with Gasteiger partial charge in [0.2, 0.25) is 5.82 Å². The number of halogens is 1. The summed E-state index contributed by atoms with van der Waals surface area (Å²) in [5.41, 5.74) is 1.07. The van der Waals surface area contributed by atoms with Crippen molar-refractivity contribution in [3.63, 3.8) is 0 Å². The van der Waals surface area contributed by atoms with Gasteiger partial charge in [0.25, 0.3) is 5.89 Å². The van der Waals surface area contributed by atoms with Gasteiger partial charge in [-0.3, -0.25) is 0 Å². The Kier molecular flexibility index (Phi) is 3.19. The van der Waals surface area contributed by atoms with Crippen molar-refractivity contribution in [1.29, 1.82) is 0 Å². The van der Waals surface area contributed by atoms with Crippen LogP contribution in [0.25, 0.3) is 11.5 Å². The van der Waals surface area contributed by atoms with Crippen molar-refractivity contribution in [1.82, 2.24) is 10.1 Å². The molecule has 0 radical (unpaired) electrons. The quantitative estimate of drug-likeness (QED) is 0.889. The zero-order chi connectivity index (χ0) is 12.4. The maximum atomic E-state index is 13.4. The molecule has 0 bridgehead atoms. The van der Waals surface area contributed by atoms with Crippen LogP contribution >= 0.6 is 0 Å².